The number of hydrogen-bond donors (Lipinski definition) is 2. The van der Waals surface area contributed by atoms with Gasteiger partial charge in [-0.1, -0.05) is 12.1 Å². The van der Waals surface area contributed by atoms with Crippen LogP contribution in [0.25, 0.3) is 0 Å². The number of nitrogens with zero attached hydrogens (tertiary/aromatic N) is 1. The van der Waals surface area contributed by atoms with E-state index in [9.17, 15) is 14.0 Å². The standard InChI is InChI=1S/C19H20FN3O2/c1-12-3-4-13(2)17(11-12)22-19(25)21-16-9-10-23(18(16)24)15-7-5-14(20)6-8-15/h3-8,11,16H,9-10H2,1-2H3,(H2,21,22,25). The molecule has 3 rings (SSSR count). The molecule has 1 atom stereocenters. The minimum Gasteiger partial charge on any atom is -0.326 e. The van der Waals surface area contributed by atoms with E-state index in [4.69, 9.17) is 0 Å². The summed E-state index contributed by atoms with van der Waals surface area (Å²) in [5, 5.41) is 5.51. The van der Waals surface area contributed by atoms with Gasteiger partial charge in [0.15, 0.2) is 0 Å². The average molecular weight is 341 g/mol. The third kappa shape index (κ3) is 3.79. The van der Waals surface area contributed by atoms with Crippen molar-refractivity contribution in [1.29, 1.82) is 0 Å². The van der Waals surface area contributed by atoms with Crippen molar-refractivity contribution in [2.45, 2.75) is 26.3 Å². The topological polar surface area (TPSA) is 61.4 Å². The van der Waals surface area contributed by atoms with Crippen LogP contribution in [0.5, 0.6) is 0 Å². The highest BCUT2D eigenvalue weighted by Gasteiger charge is 2.33. The monoisotopic (exact) mass is 341 g/mol. The Balaban J connectivity index is 1.63. The Kier molecular flexibility index (Phi) is 4.70. The second-order valence-electron chi connectivity index (χ2n) is 6.22. The Morgan fingerprint density at radius 2 is 1.88 bits per heavy atom. The molecule has 1 unspecified atom stereocenters. The molecule has 0 saturated carbocycles. The lowest BCUT2D eigenvalue weighted by atomic mass is 10.1. The third-order valence-electron chi connectivity index (χ3n) is 4.29. The number of aryl methyl sites for hydroxylation is 2. The summed E-state index contributed by atoms with van der Waals surface area (Å²) in [4.78, 5) is 26.3. The van der Waals surface area contributed by atoms with E-state index in [0.29, 0.717) is 18.7 Å². The molecule has 2 N–H and O–H groups in total. The maximum atomic E-state index is 13.0. The summed E-state index contributed by atoms with van der Waals surface area (Å²) in [6.45, 7) is 4.34. The van der Waals surface area contributed by atoms with Gasteiger partial charge < -0.3 is 15.5 Å². The molecule has 0 spiro atoms. The minimum absolute atomic E-state index is 0.192. The van der Waals surface area contributed by atoms with Crippen molar-refractivity contribution in [3.8, 4) is 0 Å². The van der Waals surface area contributed by atoms with Crippen LogP contribution in [0, 0.1) is 19.7 Å². The predicted molar refractivity (Wildman–Crippen MR) is 95.2 cm³/mol. The molecule has 0 bridgehead atoms. The lowest BCUT2D eigenvalue weighted by molar-refractivity contribution is -0.118. The van der Waals surface area contributed by atoms with E-state index >= 15 is 0 Å². The van der Waals surface area contributed by atoms with E-state index in [-0.39, 0.29) is 11.7 Å². The van der Waals surface area contributed by atoms with E-state index in [2.05, 4.69) is 10.6 Å². The van der Waals surface area contributed by atoms with Crippen LogP contribution in [0.2, 0.25) is 0 Å². The summed E-state index contributed by atoms with van der Waals surface area (Å²) in [6, 6.07) is 10.5. The molecule has 5 nitrogen and oxygen atoms in total. The Bertz CT molecular complexity index is 805. The number of hydrogen-bond acceptors (Lipinski definition) is 2. The van der Waals surface area contributed by atoms with E-state index in [0.717, 1.165) is 16.8 Å². The average Bonchev–Trinajstić information content (AvgIpc) is 2.92. The summed E-state index contributed by atoms with van der Waals surface area (Å²) < 4.78 is 13.0. The van der Waals surface area contributed by atoms with Crippen molar-refractivity contribution in [1.82, 2.24) is 5.32 Å². The van der Waals surface area contributed by atoms with Crippen molar-refractivity contribution in [3.05, 3.63) is 59.4 Å². The van der Waals surface area contributed by atoms with Crippen molar-refractivity contribution in [2.24, 2.45) is 0 Å². The van der Waals surface area contributed by atoms with Crippen molar-refractivity contribution in [2.75, 3.05) is 16.8 Å². The Morgan fingerprint density at radius 1 is 1.16 bits per heavy atom. The molecule has 2 aromatic carbocycles. The number of amides is 3. The highest BCUT2D eigenvalue weighted by atomic mass is 19.1. The summed E-state index contributed by atoms with van der Waals surface area (Å²) >= 11 is 0. The van der Waals surface area contributed by atoms with Crippen LogP contribution >= 0.6 is 0 Å². The molecule has 130 valence electrons. The Morgan fingerprint density at radius 3 is 2.60 bits per heavy atom. The number of urea groups is 1. The van der Waals surface area contributed by atoms with Crippen LogP contribution in [0.4, 0.5) is 20.6 Å². The molecule has 2 aromatic rings. The first kappa shape index (κ1) is 17.0. The molecule has 0 aliphatic carbocycles. The van der Waals surface area contributed by atoms with Crippen molar-refractivity contribution in [3.63, 3.8) is 0 Å². The first-order valence-electron chi connectivity index (χ1n) is 8.16. The van der Waals surface area contributed by atoms with Gasteiger partial charge in [-0.3, -0.25) is 4.79 Å². The second kappa shape index (κ2) is 6.93. The molecule has 0 radical (unpaired) electrons. The number of halogens is 1. The zero-order chi connectivity index (χ0) is 18.0. The van der Waals surface area contributed by atoms with E-state index in [1.807, 2.05) is 32.0 Å². The summed E-state index contributed by atoms with van der Waals surface area (Å²) in [6.07, 6.45) is 0.510. The maximum Gasteiger partial charge on any atom is 0.319 e. The SMILES string of the molecule is Cc1ccc(C)c(NC(=O)NC2CCN(c3ccc(F)cc3)C2=O)c1. The molecule has 6 heteroatoms. The number of carbonyl (C=O) groups excluding carboxylic acids is 2. The van der Waals surface area contributed by atoms with Crippen LogP contribution in [0.1, 0.15) is 17.5 Å². The van der Waals surface area contributed by atoms with E-state index in [1.165, 1.54) is 12.1 Å². The number of anilines is 2. The smallest absolute Gasteiger partial charge is 0.319 e. The van der Waals surface area contributed by atoms with Gasteiger partial charge in [0.2, 0.25) is 5.91 Å². The first-order valence-corrected chi connectivity index (χ1v) is 8.16. The van der Waals surface area contributed by atoms with Crippen LogP contribution < -0.4 is 15.5 Å². The lowest BCUT2D eigenvalue weighted by Gasteiger charge is -2.17. The molecule has 1 aliphatic heterocycles. The number of benzene rings is 2. The van der Waals surface area contributed by atoms with Crippen molar-refractivity contribution >= 4 is 23.3 Å². The molecule has 0 aromatic heterocycles. The van der Waals surface area contributed by atoms with Crippen LogP contribution in [0.15, 0.2) is 42.5 Å². The van der Waals surface area contributed by atoms with Gasteiger partial charge in [-0.05, 0) is 61.7 Å². The van der Waals surface area contributed by atoms with Gasteiger partial charge in [-0.2, -0.15) is 0 Å². The van der Waals surface area contributed by atoms with Crippen molar-refractivity contribution < 1.29 is 14.0 Å². The van der Waals surface area contributed by atoms with Gasteiger partial charge in [-0.15, -0.1) is 0 Å². The Hall–Kier alpha value is -2.89. The summed E-state index contributed by atoms with van der Waals surface area (Å²) in [7, 11) is 0. The molecular formula is C19H20FN3O2. The summed E-state index contributed by atoms with van der Waals surface area (Å²) in [5.74, 6) is -0.541. The lowest BCUT2D eigenvalue weighted by Crippen LogP contribution is -2.43. The fourth-order valence-corrected chi connectivity index (χ4v) is 2.88. The Labute approximate surface area is 145 Å². The largest absolute Gasteiger partial charge is 0.326 e. The first-order chi connectivity index (χ1) is 11.9. The zero-order valence-corrected chi connectivity index (χ0v) is 14.2. The molecule has 1 saturated heterocycles. The number of nitrogens with one attached hydrogen (secondary N) is 2. The quantitative estimate of drug-likeness (QED) is 0.899. The number of rotatable bonds is 3. The van der Waals surface area contributed by atoms with Crippen LogP contribution in [-0.2, 0) is 4.79 Å². The summed E-state index contributed by atoms with van der Waals surface area (Å²) in [5.41, 5.74) is 3.34. The minimum atomic E-state index is -0.588. The van der Waals surface area contributed by atoms with Gasteiger partial charge in [0.25, 0.3) is 0 Å². The molecule has 1 heterocycles. The third-order valence-corrected chi connectivity index (χ3v) is 4.29. The molecule has 25 heavy (non-hydrogen) atoms. The zero-order valence-electron chi connectivity index (χ0n) is 14.2. The van der Waals surface area contributed by atoms with Gasteiger partial charge >= 0.3 is 6.03 Å². The predicted octanol–water partition coefficient (Wildman–Crippen LogP) is 3.37. The maximum absolute atomic E-state index is 13.0. The molecular weight excluding hydrogens is 321 g/mol. The van der Waals surface area contributed by atoms with Gasteiger partial charge in [0.05, 0.1) is 0 Å². The van der Waals surface area contributed by atoms with Crippen LogP contribution in [0.3, 0.4) is 0 Å². The normalized spacial score (nSPS) is 16.8. The number of carbonyl (C=O) groups is 2. The highest BCUT2D eigenvalue weighted by Crippen LogP contribution is 2.22. The van der Waals surface area contributed by atoms with Gasteiger partial charge in [0.1, 0.15) is 11.9 Å². The van der Waals surface area contributed by atoms with Gasteiger partial charge in [0, 0.05) is 17.9 Å². The molecule has 1 aliphatic rings. The highest BCUT2D eigenvalue weighted by molar-refractivity contribution is 6.02. The van der Waals surface area contributed by atoms with Gasteiger partial charge in [-0.25, -0.2) is 9.18 Å². The fraction of sp³-hybridized carbons (Fsp3) is 0.263. The van der Waals surface area contributed by atoms with E-state index < -0.39 is 12.1 Å². The fourth-order valence-electron chi connectivity index (χ4n) is 2.88. The van der Waals surface area contributed by atoms with Crippen LogP contribution in [-0.4, -0.2) is 24.5 Å². The molecule has 3 amide bonds. The second-order valence-corrected chi connectivity index (χ2v) is 6.22. The van der Waals surface area contributed by atoms with E-state index in [1.54, 1.807) is 17.0 Å². The molecule has 1 fully saturated rings.